The zero-order chi connectivity index (χ0) is 17.4. The van der Waals surface area contributed by atoms with Crippen molar-refractivity contribution < 1.29 is 4.79 Å². The number of carbonyl (C=O) groups is 1. The van der Waals surface area contributed by atoms with E-state index in [4.69, 9.17) is 0 Å². The van der Waals surface area contributed by atoms with Gasteiger partial charge in [-0.1, -0.05) is 29.8 Å². The van der Waals surface area contributed by atoms with Crippen LogP contribution in [0.1, 0.15) is 50.8 Å². The molecule has 0 saturated heterocycles. The van der Waals surface area contributed by atoms with Gasteiger partial charge in [0.2, 0.25) is 0 Å². The van der Waals surface area contributed by atoms with Crippen molar-refractivity contribution in [3.8, 4) is 0 Å². The average molecular weight is 339 g/mol. The molecule has 0 aliphatic rings. The van der Waals surface area contributed by atoms with Crippen molar-refractivity contribution in [2.75, 3.05) is 0 Å². The van der Waals surface area contributed by atoms with E-state index in [0.29, 0.717) is 4.88 Å². The summed E-state index contributed by atoms with van der Waals surface area (Å²) < 4.78 is 0. The molecule has 4 nitrogen and oxygen atoms in total. The van der Waals surface area contributed by atoms with E-state index in [9.17, 15) is 4.79 Å². The summed E-state index contributed by atoms with van der Waals surface area (Å²) in [5, 5.41) is 4.09. The third-order valence-corrected chi connectivity index (χ3v) is 5.40. The first-order chi connectivity index (χ1) is 11.4. The van der Waals surface area contributed by atoms with E-state index in [1.165, 1.54) is 16.9 Å². The Balaban J connectivity index is 1.90. The molecule has 0 fully saturated rings. The van der Waals surface area contributed by atoms with Gasteiger partial charge in [-0.2, -0.15) is 0 Å². The molecule has 3 aromatic rings. The number of aromatic nitrogens is 2. The van der Waals surface area contributed by atoms with E-state index in [0.717, 1.165) is 32.9 Å². The van der Waals surface area contributed by atoms with Crippen LogP contribution >= 0.6 is 11.3 Å². The molecule has 1 unspecified atom stereocenters. The minimum atomic E-state index is -0.0550. The Morgan fingerprint density at radius 1 is 1.08 bits per heavy atom. The number of fused-ring (bicyclic) bond motifs is 1. The van der Waals surface area contributed by atoms with Crippen LogP contribution in [0.3, 0.4) is 0 Å². The van der Waals surface area contributed by atoms with Gasteiger partial charge in [0.05, 0.1) is 10.9 Å². The topological polar surface area (TPSA) is 54.9 Å². The van der Waals surface area contributed by atoms with Gasteiger partial charge in [0.1, 0.15) is 10.7 Å². The maximum Gasteiger partial charge on any atom is 0.262 e. The minimum Gasteiger partial charge on any atom is -0.345 e. The highest BCUT2D eigenvalue weighted by Crippen LogP contribution is 2.31. The zero-order valence-corrected chi connectivity index (χ0v) is 15.4. The summed E-state index contributed by atoms with van der Waals surface area (Å²) in [6.45, 7) is 9.86. The molecule has 1 N–H and O–H groups in total. The fourth-order valence-electron chi connectivity index (χ4n) is 2.89. The van der Waals surface area contributed by atoms with Crippen molar-refractivity contribution in [3.05, 3.63) is 57.4 Å². The van der Waals surface area contributed by atoms with E-state index in [-0.39, 0.29) is 11.9 Å². The van der Waals surface area contributed by atoms with Gasteiger partial charge in [-0.15, -0.1) is 11.3 Å². The lowest BCUT2D eigenvalue weighted by atomic mass is 10.1. The van der Waals surface area contributed by atoms with Crippen molar-refractivity contribution in [1.82, 2.24) is 15.3 Å². The predicted octanol–water partition coefficient (Wildman–Crippen LogP) is 4.42. The van der Waals surface area contributed by atoms with Crippen LogP contribution < -0.4 is 5.32 Å². The molecule has 2 aromatic heterocycles. The van der Waals surface area contributed by atoms with Crippen LogP contribution in [0.5, 0.6) is 0 Å². The Hall–Kier alpha value is -2.27. The summed E-state index contributed by atoms with van der Waals surface area (Å²) in [5.74, 6) is 0.682. The molecule has 5 heteroatoms. The highest BCUT2D eigenvalue weighted by atomic mass is 32.1. The number of aryl methyl sites for hydroxylation is 4. The summed E-state index contributed by atoms with van der Waals surface area (Å²) >= 11 is 1.44. The third kappa shape index (κ3) is 3.04. The van der Waals surface area contributed by atoms with Crippen molar-refractivity contribution in [2.24, 2.45) is 0 Å². The molecule has 0 saturated carbocycles. The first-order valence-corrected chi connectivity index (χ1v) is 8.80. The minimum absolute atomic E-state index is 0.0448. The molecular formula is C19H21N3OS. The molecule has 1 atom stereocenters. The van der Waals surface area contributed by atoms with E-state index < -0.39 is 0 Å². The highest BCUT2D eigenvalue weighted by Gasteiger charge is 2.20. The first-order valence-electron chi connectivity index (χ1n) is 7.98. The summed E-state index contributed by atoms with van der Waals surface area (Å²) in [5.41, 5.74) is 4.19. The highest BCUT2D eigenvalue weighted by molar-refractivity contribution is 7.20. The number of thiophene rings is 1. The van der Waals surface area contributed by atoms with Crippen LogP contribution in [-0.2, 0) is 0 Å². The van der Waals surface area contributed by atoms with Crippen LogP contribution in [0.4, 0.5) is 0 Å². The normalized spacial score (nSPS) is 12.4. The van der Waals surface area contributed by atoms with Crippen LogP contribution in [0.2, 0.25) is 0 Å². The van der Waals surface area contributed by atoms with E-state index in [1.54, 1.807) is 0 Å². The lowest BCUT2D eigenvalue weighted by Crippen LogP contribution is -2.26. The smallest absolute Gasteiger partial charge is 0.262 e. The Bertz CT molecular complexity index is 913. The van der Waals surface area contributed by atoms with E-state index in [2.05, 4.69) is 46.5 Å². The van der Waals surface area contributed by atoms with Crippen LogP contribution in [-0.4, -0.2) is 15.9 Å². The Kier molecular flexibility index (Phi) is 4.37. The van der Waals surface area contributed by atoms with Gasteiger partial charge in [0.15, 0.2) is 0 Å². The number of rotatable bonds is 3. The fraction of sp³-hybridized carbons (Fsp3) is 0.316. The number of nitrogens with zero attached hydrogens (tertiary/aromatic N) is 2. The van der Waals surface area contributed by atoms with Crippen molar-refractivity contribution >= 4 is 27.5 Å². The Morgan fingerprint density at radius 2 is 1.75 bits per heavy atom. The quantitative estimate of drug-likeness (QED) is 0.769. The molecule has 24 heavy (non-hydrogen) atoms. The zero-order valence-electron chi connectivity index (χ0n) is 14.6. The predicted molar refractivity (Wildman–Crippen MR) is 98.7 cm³/mol. The van der Waals surface area contributed by atoms with Gasteiger partial charge in [0, 0.05) is 11.1 Å². The summed E-state index contributed by atoms with van der Waals surface area (Å²) in [6.07, 6.45) is 0. The van der Waals surface area contributed by atoms with Crippen molar-refractivity contribution in [1.29, 1.82) is 0 Å². The lowest BCUT2D eigenvalue weighted by molar-refractivity contribution is 0.0943. The number of nitrogens with one attached hydrogen (secondary N) is 1. The molecule has 0 radical (unpaired) electrons. The van der Waals surface area contributed by atoms with Gasteiger partial charge < -0.3 is 5.32 Å². The Labute approximate surface area is 146 Å². The second kappa shape index (κ2) is 6.32. The summed E-state index contributed by atoms with van der Waals surface area (Å²) in [4.78, 5) is 23.2. The Morgan fingerprint density at radius 3 is 2.42 bits per heavy atom. The molecule has 1 amide bonds. The van der Waals surface area contributed by atoms with Crippen LogP contribution in [0, 0.1) is 27.7 Å². The summed E-state index contributed by atoms with van der Waals surface area (Å²) in [7, 11) is 0. The number of hydrogen-bond acceptors (Lipinski definition) is 4. The maximum atomic E-state index is 12.7. The number of benzene rings is 1. The van der Waals surface area contributed by atoms with Crippen LogP contribution in [0.25, 0.3) is 10.2 Å². The van der Waals surface area contributed by atoms with Gasteiger partial charge >= 0.3 is 0 Å². The van der Waals surface area contributed by atoms with Gasteiger partial charge in [-0.25, -0.2) is 9.97 Å². The molecule has 2 heterocycles. The van der Waals surface area contributed by atoms with Crippen molar-refractivity contribution in [3.63, 3.8) is 0 Å². The molecule has 0 spiro atoms. The monoisotopic (exact) mass is 339 g/mol. The number of hydrogen-bond donors (Lipinski definition) is 1. The second-order valence-corrected chi connectivity index (χ2v) is 7.20. The largest absolute Gasteiger partial charge is 0.345 e. The molecular weight excluding hydrogens is 318 g/mol. The van der Waals surface area contributed by atoms with Crippen LogP contribution in [0.15, 0.2) is 24.3 Å². The molecule has 0 bridgehead atoms. The molecule has 0 aliphatic heterocycles. The second-order valence-electron chi connectivity index (χ2n) is 6.20. The molecule has 0 aliphatic carbocycles. The van der Waals surface area contributed by atoms with Gasteiger partial charge in [-0.05, 0) is 45.7 Å². The molecule has 3 rings (SSSR count). The van der Waals surface area contributed by atoms with Gasteiger partial charge in [-0.3, -0.25) is 4.79 Å². The van der Waals surface area contributed by atoms with E-state index >= 15 is 0 Å². The lowest BCUT2D eigenvalue weighted by Gasteiger charge is -2.14. The molecule has 124 valence electrons. The molecule has 1 aromatic carbocycles. The SMILES string of the molecule is Cc1ccc(C(C)NC(=O)c2sc3nc(C)nc(C)c3c2C)cc1. The number of carbonyl (C=O) groups excluding carboxylic acids is 1. The number of amides is 1. The maximum absolute atomic E-state index is 12.7. The summed E-state index contributed by atoms with van der Waals surface area (Å²) in [6, 6.07) is 8.18. The first kappa shape index (κ1) is 16.6. The third-order valence-electron chi connectivity index (χ3n) is 4.21. The standard InChI is InChI=1S/C19H21N3OS/c1-10-6-8-15(9-7-10)12(3)21-18(23)17-11(2)16-13(4)20-14(5)22-19(16)24-17/h6-9,12H,1-5H3,(H,21,23). The van der Waals surface area contributed by atoms with Gasteiger partial charge in [0.25, 0.3) is 5.91 Å². The van der Waals surface area contributed by atoms with E-state index in [1.807, 2.05) is 27.7 Å². The fourth-order valence-corrected chi connectivity index (χ4v) is 4.07. The average Bonchev–Trinajstić information content (AvgIpc) is 2.84. The van der Waals surface area contributed by atoms with Crippen molar-refractivity contribution in [2.45, 2.75) is 40.7 Å².